The molecular weight excluding hydrogens is 368 g/mol. The first-order valence-corrected chi connectivity index (χ1v) is 10.0. The maximum absolute atomic E-state index is 12.0. The SMILES string of the molecule is O=C1CCC(/C=C(\c2ccc(SC3CC3)cc2)c2ccc(Cl)c(=O)[nH]2)N1. The van der Waals surface area contributed by atoms with Gasteiger partial charge in [0.15, 0.2) is 0 Å². The molecule has 6 heteroatoms. The number of nitrogens with one attached hydrogen (secondary N) is 2. The van der Waals surface area contributed by atoms with Crippen LogP contribution in [0, 0.1) is 0 Å². The topological polar surface area (TPSA) is 62.0 Å². The van der Waals surface area contributed by atoms with Crippen molar-refractivity contribution in [2.75, 3.05) is 0 Å². The van der Waals surface area contributed by atoms with Crippen LogP contribution in [-0.2, 0) is 4.79 Å². The first-order valence-electron chi connectivity index (χ1n) is 8.76. The monoisotopic (exact) mass is 386 g/mol. The maximum atomic E-state index is 12.0. The van der Waals surface area contributed by atoms with Crippen LogP contribution in [0.2, 0.25) is 5.02 Å². The van der Waals surface area contributed by atoms with E-state index in [1.807, 2.05) is 17.8 Å². The summed E-state index contributed by atoms with van der Waals surface area (Å²) < 4.78 is 0. The van der Waals surface area contributed by atoms with Crippen LogP contribution in [0.15, 0.2) is 52.2 Å². The Kier molecular flexibility index (Phi) is 4.92. The fourth-order valence-corrected chi connectivity index (χ4v) is 4.17. The Labute approximate surface area is 161 Å². The molecule has 2 heterocycles. The first-order chi connectivity index (χ1) is 12.6. The zero-order valence-corrected chi connectivity index (χ0v) is 15.7. The summed E-state index contributed by atoms with van der Waals surface area (Å²) >= 11 is 7.78. The van der Waals surface area contributed by atoms with Crippen LogP contribution >= 0.6 is 23.4 Å². The molecule has 4 rings (SSSR count). The lowest BCUT2D eigenvalue weighted by molar-refractivity contribution is -0.119. The van der Waals surface area contributed by atoms with Gasteiger partial charge < -0.3 is 10.3 Å². The predicted octanol–water partition coefficient (Wildman–Crippen LogP) is 3.99. The minimum absolute atomic E-state index is 0.0304. The van der Waals surface area contributed by atoms with E-state index in [-0.39, 0.29) is 22.5 Å². The van der Waals surface area contributed by atoms with E-state index in [1.165, 1.54) is 17.7 Å². The highest BCUT2D eigenvalue weighted by Gasteiger charge is 2.23. The van der Waals surface area contributed by atoms with Crippen LogP contribution in [-0.4, -0.2) is 22.2 Å². The lowest BCUT2D eigenvalue weighted by atomic mass is 9.99. The summed E-state index contributed by atoms with van der Waals surface area (Å²) in [7, 11) is 0. The second-order valence-corrected chi connectivity index (χ2v) is 8.46. The number of hydrogen-bond acceptors (Lipinski definition) is 3. The Morgan fingerprint density at radius 3 is 2.46 bits per heavy atom. The van der Waals surface area contributed by atoms with Crippen molar-refractivity contribution in [3.8, 4) is 0 Å². The molecule has 1 amide bonds. The number of aromatic nitrogens is 1. The molecule has 1 atom stereocenters. The van der Waals surface area contributed by atoms with Gasteiger partial charge in [-0.15, -0.1) is 11.8 Å². The van der Waals surface area contributed by atoms with Crippen LogP contribution in [0.1, 0.15) is 36.9 Å². The third-order valence-corrected chi connectivity index (χ3v) is 6.19. The maximum Gasteiger partial charge on any atom is 0.267 e. The van der Waals surface area contributed by atoms with E-state index in [2.05, 4.69) is 34.6 Å². The zero-order chi connectivity index (χ0) is 18.1. The number of thioether (sulfide) groups is 1. The molecule has 2 aromatic rings. The fraction of sp³-hybridized carbons (Fsp3) is 0.300. The van der Waals surface area contributed by atoms with Gasteiger partial charge in [-0.3, -0.25) is 9.59 Å². The van der Waals surface area contributed by atoms with Crippen LogP contribution in [0.3, 0.4) is 0 Å². The molecule has 2 aliphatic rings. The molecule has 1 saturated carbocycles. The summed E-state index contributed by atoms with van der Waals surface area (Å²) in [6, 6.07) is 11.8. The lowest BCUT2D eigenvalue weighted by Crippen LogP contribution is -2.23. The Bertz CT molecular complexity index is 916. The number of amides is 1. The van der Waals surface area contributed by atoms with Gasteiger partial charge in [-0.2, -0.15) is 0 Å². The molecule has 1 aromatic carbocycles. The van der Waals surface area contributed by atoms with Gasteiger partial charge in [0.05, 0.1) is 0 Å². The Balaban J connectivity index is 1.69. The van der Waals surface area contributed by atoms with Gasteiger partial charge in [0.2, 0.25) is 5.91 Å². The highest BCUT2D eigenvalue weighted by molar-refractivity contribution is 8.00. The van der Waals surface area contributed by atoms with Gasteiger partial charge in [0.1, 0.15) is 5.02 Å². The second-order valence-electron chi connectivity index (χ2n) is 6.68. The molecule has 2 fully saturated rings. The van der Waals surface area contributed by atoms with E-state index >= 15 is 0 Å². The molecule has 26 heavy (non-hydrogen) atoms. The van der Waals surface area contributed by atoms with Crippen molar-refractivity contribution in [2.24, 2.45) is 0 Å². The molecule has 0 spiro atoms. The minimum Gasteiger partial charge on any atom is -0.350 e. The summed E-state index contributed by atoms with van der Waals surface area (Å²) in [6.07, 6.45) is 5.90. The Hall–Kier alpha value is -1.98. The van der Waals surface area contributed by atoms with Crippen LogP contribution < -0.4 is 10.9 Å². The van der Waals surface area contributed by atoms with Crippen molar-refractivity contribution in [2.45, 2.75) is 41.9 Å². The standard InChI is InChI=1S/C20H19ClN2O2S/c21-17-8-9-18(23-20(17)25)16(11-13-3-10-19(24)22-13)12-1-4-14(5-2-12)26-15-6-7-15/h1-2,4-5,8-9,11,13,15H,3,6-7,10H2,(H,22,24)(H,23,25)/b16-11+. The highest BCUT2D eigenvalue weighted by Crippen LogP contribution is 2.39. The Morgan fingerprint density at radius 2 is 1.85 bits per heavy atom. The number of benzene rings is 1. The van der Waals surface area contributed by atoms with E-state index in [4.69, 9.17) is 11.6 Å². The molecule has 0 bridgehead atoms. The quantitative estimate of drug-likeness (QED) is 0.816. The van der Waals surface area contributed by atoms with Crippen molar-refractivity contribution in [3.63, 3.8) is 0 Å². The molecule has 1 saturated heterocycles. The fourth-order valence-electron chi connectivity index (χ4n) is 3.01. The third kappa shape index (κ3) is 4.05. The van der Waals surface area contributed by atoms with Crippen molar-refractivity contribution in [1.29, 1.82) is 0 Å². The van der Waals surface area contributed by atoms with E-state index in [0.717, 1.165) is 22.8 Å². The minimum atomic E-state index is -0.313. The normalized spacial score (nSPS) is 20.3. The number of H-pyrrole nitrogens is 1. The molecule has 1 aliphatic heterocycles. The van der Waals surface area contributed by atoms with Crippen LogP contribution in [0.5, 0.6) is 0 Å². The van der Waals surface area contributed by atoms with Gasteiger partial charge in [-0.1, -0.05) is 29.8 Å². The second kappa shape index (κ2) is 7.33. The third-order valence-electron chi connectivity index (χ3n) is 4.54. The number of carbonyl (C=O) groups is 1. The number of halogens is 1. The number of pyridine rings is 1. The van der Waals surface area contributed by atoms with Crippen molar-refractivity contribution in [1.82, 2.24) is 10.3 Å². The van der Waals surface area contributed by atoms with E-state index in [1.54, 1.807) is 12.1 Å². The van der Waals surface area contributed by atoms with Gasteiger partial charge in [-0.25, -0.2) is 0 Å². The number of rotatable bonds is 5. The summed E-state index contributed by atoms with van der Waals surface area (Å²) in [5, 5.41) is 3.88. The molecular formula is C20H19ClN2O2S. The largest absolute Gasteiger partial charge is 0.350 e. The van der Waals surface area contributed by atoms with Gasteiger partial charge in [0.25, 0.3) is 5.56 Å². The molecule has 1 unspecified atom stereocenters. The molecule has 134 valence electrons. The first kappa shape index (κ1) is 17.4. The van der Waals surface area contributed by atoms with Gasteiger partial charge in [0, 0.05) is 33.9 Å². The van der Waals surface area contributed by atoms with E-state index < -0.39 is 0 Å². The Morgan fingerprint density at radius 1 is 1.08 bits per heavy atom. The van der Waals surface area contributed by atoms with Crippen LogP contribution in [0.25, 0.3) is 5.57 Å². The van der Waals surface area contributed by atoms with Gasteiger partial charge in [-0.05, 0) is 49.1 Å². The smallest absolute Gasteiger partial charge is 0.267 e. The summed E-state index contributed by atoms with van der Waals surface area (Å²) in [5.74, 6) is 0.0615. The van der Waals surface area contributed by atoms with E-state index in [0.29, 0.717) is 12.1 Å². The molecule has 1 aromatic heterocycles. The lowest BCUT2D eigenvalue weighted by Gasteiger charge is -2.13. The van der Waals surface area contributed by atoms with Crippen LogP contribution in [0.4, 0.5) is 0 Å². The summed E-state index contributed by atoms with van der Waals surface area (Å²) in [6.45, 7) is 0. The number of aromatic amines is 1. The zero-order valence-electron chi connectivity index (χ0n) is 14.1. The molecule has 1 aliphatic carbocycles. The number of carbonyl (C=O) groups excluding carboxylic acids is 1. The van der Waals surface area contributed by atoms with Crippen molar-refractivity contribution < 1.29 is 4.79 Å². The molecule has 4 nitrogen and oxygen atoms in total. The predicted molar refractivity (Wildman–Crippen MR) is 106 cm³/mol. The average Bonchev–Trinajstić information content (AvgIpc) is 3.35. The summed E-state index contributed by atoms with van der Waals surface area (Å²) in [4.78, 5) is 27.6. The number of hydrogen-bond donors (Lipinski definition) is 2. The molecule has 0 radical (unpaired) electrons. The summed E-state index contributed by atoms with van der Waals surface area (Å²) in [5.41, 5.74) is 2.28. The molecule has 2 N–H and O–H groups in total. The van der Waals surface area contributed by atoms with Gasteiger partial charge >= 0.3 is 0 Å². The highest BCUT2D eigenvalue weighted by atomic mass is 35.5. The van der Waals surface area contributed by atoms with Crippen molar-refractivity contribution in [3.05, 3.63) is 69.1 Å². The van der Waals surface area contributed by atoms with Crippen molar-refractivity contribution >= 4 is 34.8 Å². The van der Waals surface area contributed by atoms with E-state index in [9.17, 15) is 9.59 Å². The average molecular weight is 387 g/mol.